The Kier molecular flexibility index (Phi) is 8.67. The van der Waals surface area contributed by atoms with Crippen molar-refractivity contribution in [3.8, 4) is 5.75 Å². The van der Waals surface area contributed by atoms with Gasteiger partial charge in [0.2, 0.25) is 0 Å². The number of aliphatic hydroxyl groups excluding tert-OH is 1. The van der Waals surface area contributed by atoms with Gasteiger partial charge < -0.3 is 29.4 Å². The highest BCUT2D eigenvalue weighted by Crippen LogP contribution is 2.29. The second-order valence-corrected chi connectivity index (χ2v) is 11.5. The Morgan fingerprint density at radius 3 is 2.03 bits per heavy atom. The normalized spacial score (nSPS) is 13.2. The van der Waals surface area contributed by atoms with Crippen LogP contribution in [-0.2, 0) is 20.6 Å². The van der Waals surface area contributed by atoms with E-state index in [0.29, 0.717) is 16.5 Å². The zero-order chi connectivity index (χ0) is 27.5. The molecule has 0 saturated carbocycles. The minimum absolute atomic E-state index is 0.165. The highest BCUT2D eigenvalue weighted by molar-refractivity contribution is 5.93. The van der Waals surface area contributed by atoms with Gasteiger partial charge in [-0.15, -0.1) is 0 Å². The molecule has 2 N–H and O–H groups in total. The standard InChI is InChI=1S/C26H38N2O8/c1-24(2,3)34-21(30)27-17(15-29)12-16-14-28(22(31)35-25(4,5)6)20-11-10-18(13-19(16)20)33-23(32)36-26(7,8)9/h10-11,13-14,17,29H,12,15H2,1-9H3,(H,27,30)/t17-/m0/s1. The second kappa shape index (κ2) is 10.8. The molecule has 2 aromatic rings. The number of fused-ring (bicyclic) bond motifs is 1. The third kappa shape index (κ3) is 9.07. The van der Waals surface area contributed by atoms with Crippen LogP contribution in [0.5, 0.6) is 5.75 Å². The van der Waals surface area contributed by atoms with Crippen LogP contribution < -0.4 is 10.1 Å². The van der Waals surface area contributed by atoms with Crippen LogP contribution in [0, 0.1) is 0 Å². The van der Waals surface area contributed by atoms with E-state index in [9.17, 15) is 19.5 Å². The first-order valence-electron chi connectivity index (χ1n) is 11.8. The molecule has 2 rings (SSSR count). The first kappa shape index (κ1) is 29.0. The van der Waals surface area contributed by atoms with Crippen LogP contribution in [0.4, 0.5) is 14.4 Å². The average molecular weight is 507 g/mol. The molecule has 0 spiro atoms. The molecule has 200 valence electrons. The van der Waals surface area contributed by atoms with Crippen molar-refractivity contribution in [1.29, 1.82) is 0 Å². The zero-order valence-electron chi connectivity index (χ0n) is 22.6. The number of ether oxygens (including phenoxy) is 4. The van der Waals surface area contributed by atoms with Gasteiger partial charge in [-0.05, 0) is 92.5 Å². The monoisotopic (exact) mass is 506 g/mol. The van der Waals surface area contributed by atoms with Crippen LogP contribution in [0.1, 0.15) is 67.9 Å². The molecule has 0 saturated heterocycles. The molecule has 0 unspecified atom stereocenters. The maximum atomic E-state index is 12.9. The molecule has 1 aromatic carbocycles. The Hall–Kier alpha value is -3.27. The number of aromatic nitrogens is 1. The van der Waals surface area contributed by atoms with Gasteiger partial charge in [-0.3, -0.25) is 4.57 Å². The number of aliphatic hydroxyl groups is 1. The van der Waals surface area contributed by atoms with E-state index in [1.165, 1.54) is 4.57 Å². The van der Waals surface area contributed by atoms with E-state index in [2.05, 4.69) is 5.32 Å². The summed E-state index contributed by atoms with van der Waals surface area (Å²) in [5.74, 6) is 0.209. The highest BCUT2D eigenvalue weighted by Gasteiger charge is 2.25. The number of hydrogen-bond donors (Lipinski definition) is 2. The van der Waals surface area contributed by atoms with Crippen molar-refractivity contribution in [2.24, 2.45) is 0 Å². The van der Waals surface area contributed by atoms with Crippen LogP contribution in [-0.4, -0.2) is 57.5 Å². The van der Waals surface area contributed by atoms with Gasteiger partial charge in [0.05, 0.1) is 18.2 Å². The van der Waals surface area contributed by atoms with E-state index in [1.807, 2.05) is 0 Å². The van der Waals surface area contributed by atoms with E-state index in [4.69, 9.17) is 18.9 Å². The fourth-order valence-corrected chi connectivity index (χ4v) is 3.23. The summed E-state index contributed by atoms with van der Waals surface area (Å²) in [5.41, 5.74) is -1.04. The SMILES string of the molecule is CC(C)(C)OC(=O)N[C@H](CO)Cc1cn(C(=O)OC(C)(C)C)c2ccc(OC(=O)OC(C)(C)C)cc12. The molecule has 1 atom stereocenters. The summed E-state index contributed by atoms with van der Waals surface area (Å²) in [6.45, 7) is 15.3. The summed E-state index contributed by atoms with van der Waals surface area (Å²) in [6, 6.07) is 4.06. The Balaban J connectivity index is 2.43. The van der Waals surface area contributed by atoms with E-state index in [0.717, 1.165) is 0 Å². The molecule has 1 heterocycles. The highest BCUT2D eigenvalue weighted by atomic mass is 16.7. The largest absolute Gasteiger partial charge is 0.514 e. The Morgan fingerprint density at radius 2 is 1.50 bits per heavy atom. The lowest BCUT2D eigenvalue weighted by Gasteiger charge is -2.22. The van der Waals surface area contributed by atoms with E-state index >= 15 is 0 Å². The summed E-state index contributed by atoms with van der Waals surface area (Å²) in [5, 5.41) is 13.1. The average Bonchev–Trinajstić information content (AvgIpc) is 3.01. The van der Waals surface area contributed by atoms with Gasteiger partial charge in [0.1, 0.15) is 22.6 Å². The molecule has 1 amide bonds. The molecule has 36 heavy (non-hydrogen) atoms. The molecule has 10 nitrogen and oxygen atoms in total. The topological polar surface area (TPSA) is 125 Å². The van der Waals surface area contributed by atoms with Crippen molar-refractivity contribution in [2.45, 2.75) is 91.6 Å². The third-order valence-corrected chi connectivity index (χ3v) is 4.45. The van der Waals surface area contributed by atoms with Crippen LogP contribution in [0.2, 0.25) is 0 Å². The minimum atomic E-state index is -0.866. The molecule has 0 fully saturated rings. The smallest absolute Gasteiger partial charge is 0.444 e. The fourth-order valence-electron chi connectivity index (χ4n) is 3.23. The van der Waals surface area contributed by atoms with Gasteiger partial charge >= 0.3 is 18.3 Å². The van der Waals surface area contributed by atoms with Crippen molar-refractivity contribution in [1.82, 2.24) is 9.88 Å². The molecule has 0 aliphatic heterocycles. The molecule has 0 aliphatic rings. The van der Waals surface area contributed by atoms with E-state index < -0.39 is 41.2 Å². The van der Waals surface area contributed by atoms with E-state index in [1.54, 1.807) is 86.7 Å². The lowest BCUT2D eigenvalue weighted by molar-refractivity contribution is 0.0205. The molecular formula is C26H38N2O8. The predicted molar refractivity (Wildman–Crippen MR) is 134 cm³/mol. The first-order valence-corrected chi connectivity index (χ1v) is 11.8. The zero-order valence-corrected chi connectivity index (χ0v) is 22.6. The lowest BCUT2D eigenvalue weighted by atomic mass is 10.1. The molecule has 0 bridgehead atoms. The molecule has 0 radical (unpaired) electrons. The van der Waals surface area contributed by atoms with Crippen molar-refractivity contribution >= 4 is 29.2 Å². The first-order chi connectivity index (χ1) is 16.4. The van der Waals surface area contributed by atoms with Gasteiger partial charge in [-0.25, -0.2) is 14.4 Å². The molecular weight excluding hydrogens is 468 g/mol. The quantitative estimate of drug-likeness (QED) is 0.323. The van der Waals surface area contributed by atoms with Crippen LogP contribution in [0.15, 0.2) is 24.4 Å². The van der Waals surface area contributed by atoms with Gasteiger partial charge in [0.25, 0.3) is 0 Å². The summed E-state index contributed by atoms with van der Waals surface area (Å²) >= 11 is 0. The Labute approximate surface area is 211 Å². The summed E-state index contributed by atoms with van der Waals surface area (Å²) in [7, 11) is 0. The maximum Gasteiger partial charge on any atom is 0.514 e. The van der Waals surface area contributed by atoms with Crippen LogP contribution in [0.25, 0.3) is 10.9 Å². The van der Waals surface area contributed by atoms with Crippen LogP contribution in [0.3, 0.4) is 0 Å². The summed E-state index contributed by atoms with van der Waals surface area (Å²) in [6.07, 6.45) is -0.394. The fraction of sp³-hybridized carbons (Fsp3) is 0.577. The lowest BCUT2D eigenvalue weighted by Crippen LogP contribution is -2.42. The van der Waals surface area contributed by atoms with E-state index in [-0.39, 0.29) is 18.8 Å². The number of carbonyl (C=O) groups is 3. The Morgan fingerprint density at radius 1 is 0.917 bits per heavy atom. The van der Waals surface area contributed by atoms with Gasteiger partial charge in [-0.1, -0.05) is 0 Å². The summed E-state index contributed by atoms with van der Waals surface area (Å²) < 4.78 is 22.7. The van der Waals surface area contributed by atoms with Gasteiger partial charge in [0, 0.05) is 11.6 Å². The maximum absolute atomic E-state index is 12.9. The number of amides is 1. The number of benzene rings is 1. The number of hydrogen-bond acceptors (Lipinski definition) is 8. The number of carbonyl (C=O) groups excluding carboxylic acids is 3. The van der Waals surface area contributed by atoms with Gasteiger partial charge in [-0.2, -0.15) is 0 Å². The van der Waals surface area contributed by atoms with Crippen molar-refractivity contribution in [3.63, 3.8) is 0 Å². The molecule has 10 heteroatoms. The number of nitrogens with zero attached hydrogens (tertiary/aromatic N) is 1. The third-order valence-electron chi connectivity index (χ3n) is 4.45. The molecule has 0 aliphatic carbocycles. The number of alkyl carbamates (subject to hydrolysis) is 1. The van der Waals surface area contributed by atoms with Gasteiger partial charge in [0.15, 0.2) is 0 Å². The van der Waals surface area contributed by atoms with Crippen molar-refractivity contribution in [3.05, 3.63) is 30.0 Å². The van der Waals surface area contributed by atoms with Crippen LogP contribution >= 0.6 is 0 Å². The minimum Gasteiger partial charge on any atom is -0.444 e. The van der Waals surface area contributed by atoms with Crippen molar-refractivity contribution in [2.75, 3.05) is 6.61 Å². The Bertz CT molecular complexity index is 1100. The summed E-state index contributed by atoms with van der Waals surface area (Å²) in [4.78, 5) is 37.3. The number of nitrogens with one attached hydrogen (secondary N) is 1. The predicted octanol–water partition coefficient (Wildman–Crippen LogP) is 5.17. The number of rotatable bonds is 5. The molecule has 1 aromatic heterocycles. The van der Waals surface area contributed by atoms with Crippen molar-refractivity contribution < 1.29 is 38.4 Å². The second-order valence-electron chi connectivity index (χ2n) is 11.5.